The zero-order valence-electron chi connectivity index (χ0n) is 11.3. The van der Waals surface area contributed by atoms with E-state index in [0.29, 0.717) is 0 Å². The summed E-state index contributed by atoms with van der Waals surface area (Å²) in [7, 11) is 1.66. The Bertz CT molecular complexity index is 373. The lowest BCUT2D eigenvalue weighted by Crippen LogP contribution is -2.31. The van der Waals surface area contributed by atoms with Crippen molar-refractivity contribution in [3.63, 3.8) is 0 Å². The molecule has 3 nitrogen and oxygen atoms in total. The van der Waals surface area contributed by atoms with Crippen molar-refractivity contribution in [1.29, 1.82) is 0 Å². The number of methoxy groups -OCH3 is 1. The van der Waals surface area contributed by atoms with E-state index in [1.807, 2.05) is 24.3 Å². The van der Waals surface area contributed by atoms with Gasteiger partial charge in [-0.2, -0.15) is 0 Å². The van der Waals surface area contributed by atoms with Crippen molar-refractivity contribution in [2.45, 2.75) is 26.2 Å². The van der Waals surface area contributed by atoms with Gasteiger partial charge in [0.25, 0.3) is 0 Å². The summed E-state index contributed by atoms with van der Waals surface area (Å²) in [4.78, 5) is 0. The Hall–Kier alpha value is -1.22. The SMILES string of the molecule is COc1ccc(OCCC(C)(CN)C2CC2)cc1. The summed E-state index contributed by atoms with van der Waals surface area (Å²) in [5.74, 6) is 2.56. The Morgan fingerprint density at radius 3 is 2.33 bits per heavy atom. The van der Waals surface area contributed by atoms with E-state index in [0.717, 1.165) is 37.0 Å². The van der Waals surface area contributed by atoms with Crippen LogP contribution in [0.3, 0.4) is 0 Å². The molecule has 1 aliphatic rings. The quantitative estimate of drug-likeness (QED) is 0.808. The van der Waals surface area contributed by atoms with Gasteiger partial charge >= 0.3 is 0 Å². The molecule has 1 unspecified atom stereocenters. The minimum atomic E-state index is 0.256. The average molecular weight is 249 g/mol. The first-order chi connectivity index (χ1) is 8.68. The van der Waals surface area contributed by atoms with Gasteiger partial charge in [0.2, 0.25) is 0 Å². The molecular weight excluding hydrogens is 226 g/mol. The lowest BCUT2D eigenvalue weighted by Gasteiger charge is -2.27. The second-order valence-corrected chi connectivity index (χ2v) is 5.41. The predicted molar refractivity (Wildman–Crippen MR) is 73.0 cm³/mol. The topological polar surface area (TPSA) is 44.5 Å². The maximum absolute atomic E-state index is 5.89. The third-order valence-corrected chi connectivity index (χ3v) is 4.03. The molecule has 0 radical (unpaired) electrons. The standard InChI is InChI=1S/C15H23NO2/c1-15(11-16,12-3-4-12)9-10-18-14-7-5-13(17-2)6-8-14/h5-8,12H,3-4,9-11,16H2,1-2H3. The Morgan fingerprint density at radius 2 is 1.83 bits per heavy atom. The summed E-state index contributed by atoms with van der Waals surface area (Å²) in [6.07, 6.45) is 3.69. The van der Waals surface area contributed by atoms with Crippen LogP contribution in [0.15, 0.2) is 24.3 Å². The Labute approximate surface area is 109 Å². The number of ether oxygens (including phenoxy) is 2. The van der Waals surface area contributed by atoms with Crippen LogP contribution in [-0.2, 0) is 0 Å². The lowest BCUT2D eigenvalue weighted by molar-refractivity contribution is 0.192. The molecule has 0 heterocycles. The first-order valence-corrected chi connectivity index (χ1v) is 6.65. The van der Waals surface area contributed by atoms with Crippen molar-refractivity contribution < 1.29 is 9.47 Å². The van der Waals surface area contributed by atoms with Gasteiger partial charge in [-0.3, -0.25) is 0 Å². The molecule has 100 valence electrons. The molecular formula is C15H23NO2. The molecule has 1 fully saturated rings. The predicted octanol–water partition coefficient (Wildman–Crippen LogP) is 2.84. The third kappa shape index (κ3) is 3.16. The molecule has 2 N–H and O–H groups in total. The Balaban J connectivity index is 1.80. The molecule has 0 bridgehead atoms. The highest BCUT2D eigenvalue weighted by molar-refractivity contribution is 5.31. The van der Waals surface area contributed by atoms with Crippen molar-refractivity contribution in [1.82, 2.24) is 0 Å². The first kappa shape index (κ1) is 13.2. The number of nitrogens with two attached hydrogens (primary N) is 1. The number of hydrogen-bond acceptors (Lipinski definition) is 3. The Kier molecular flexibility index (Phi) is 4.12. The number of benzene rings is 1. The fourth-order valence-corrected chi connectivity index (χ4v) is 2.33. The fourth-order valence-electron chi connectivity index (χ4n) is 2.33. The number of hydrogen-bond donors (Lipinski definition) is 1. The van der Waals surface area contributed by atoms with Crippen LogP contribution in [0.1, 0.15) is 26.2 Å². The van der Waals surface area contributed by atoms with Crippen molar-refractivity contribution in [2.24, 2.45) is 17.1 Å². The van der Waals surface area contributed by atoms with E-state index in [2.05, 4.69) is 6.92 Å². The largest absolute Gasteiger partial charge is 0.497 e. The minimum Gasteiger partial charge on any atom is -0.497 e. The fraction of sp³-hybridized carbons (Fsp3) is 0.600. The molecule has 0 saturated heterocycles. The monoisotopic (exact) mass is 249 g/mol. The van der Waals surface area contributed by atoms with Crippen LogP contribution in [-0.4, -0.2) is 20.3 Å². The molecule has 0 spiro atoms. The smallest absolute Gasteiger partial charge is 0.119 e. The summed E-state index contributed by atoms with van der Waals surface area (Å²) in [6, 6.07) is 7.71. The van der Waals surface area contributed by atoms with E-state index in [4.69, 9.17) is 15.2 Å². The van der Waals surface area contributed by atoms with Crippen LogP contribution in [0.5, 0.6) is 11.5 Å². The second-order valence-electron chi connectivity index (χ2n) is 5.41. The molecule has 1 aromatic carbocycles. The molecule has 0 aromatic heterocycles. The lowest BCUT2D eigenvalue weighted by atomic mass is 9.82. The summed E-state index contributed by atoms with van der Waals surface area (Å²) >= 11 is 0. The molecule has 1 aliphatic carbocycles. The summed E-state index contributed by atoms with van der Waals surface area (Å²) in [5.41, 5.74) is 6.15. The van der Waals surface area contributed by atoms with Crippen molar-refractivity contribution in [3.05, 3.63) is 24.3 Å². The molecule has 1 aromatic rings. The first-order valence-electron chi connectivity index (χ1n) is 6.65. The van der Waals surface area contributed by atoms with Gasteiger partial charge in [-0.05, 0) is 61.4 Å². The van der Waals surface area contributed by atoms with Crippen molar-refractivity contribution in [3.8, 4) is 11.5 Å². The van der Waals surface area contributed by atoms with E-state index < -0.39 is 0 Å². The van der Waals surface area contributed by atoms with Gasteiger partial charge in [-0.1, -0.05) is 6.92 Å². The number of rotatable bonds is 7. The van der Waals surface area contributed by atoms with E-state index in [9.17, 15) is 0 Å². The maximum Gasteiger partial charge on any atom is 0.119 e. The van der Waals surface area contributed by atoms with Gasteiger partial charge in [0.1, 0.15) is 11.5 Å². The van der Waals surface area contributed by atoms with Crippen LogP contribution >= 0.6 is 0 Å². The normalized spacial score (nSPS) is 18.2. The highest BCUT2D eigenvalue weighted by atomic mass is 16.5. The Morgan fingerprint density at radius 1 is 1.22 bits per heavy atom. The average Bonchev–Trinajstić information content (AvgIpc) is 3.24. The van der Waals surface area contributed by atoms with E-state index >= 15 is 0 Å². The molecule has 0 aliphatic heterocycles. The van der Waals surface area contributed by atoms with Gasteiger partial charge in [0.15, 0.2) is 0 Å². The van der Waals surface area contributed by atoms with Gasteiger partial charge in [0.05, 0.1) is 13.7 Å². The summed E-state index contributed by atoms with van der Waals surface area (Å²) in [6.45, 7) is 3.77. The van der Waals surface area contributed by atoms with Gasteiger partial charge < -0.3 is 15.2 Å². The summed E-state index contributed by atoms with van der Waals surface area (Å²) in [5, 5.41) is 0. The van der Waals surface area contributed by atoms with Crippen LogP contribution in [0.4, 0.5) is 0 Å². The van der Waals surface area contributed by atoms with Gasteiger partial charge in [-0.15, -0.1) is 0 Å². The van der Waals surface area contributed by atoms with Crippen molar-refractivity contribution >= 4 is 0 Å². The molecule has 3 heteroatoms. The maximum atomic E-state index is 5.89. The third-order valence-electron chi connectivity index (χ3n) is 4.03. The van der Waals surface area contributed by atoms with Gasteiger partial charge in [0, 0.05) is 0 Å². The highest BCUT2D eigenvalue weighted by Gasteiger charge is 2.40. The summed E-state index contributed by atoms with van der Waals surface area (Å²) < 4.78 is 10.9. The zero-order valence-corrected chi connectivity index (χ0v) is 11.3. The molecule has 0 amide bonds. The zero-order chi connectivity index (χ0) is 13.0. The van der Waals surface area contributed by atoms with Crippen LogP contribution in [0.2, 0.25) is 0 Å². The second kappa shape index (κ2) is 5.61. The van der Waals surface area contributed by atoms with Crippen LogP contribution in [0, 0.1) is 11.3 Å². The molecule has 18 heavy (non-hydrogen) atoms. The highest BCUT2D eigenvalue weighted by Crippen LogP contribution is 2.46. The van der Waals surface area contributed by atoms with E-state index in [1.54, 1.807) is 7.11 Å². The van der Waals surface area contributed by atoms with E-state index in [1.165, 1.54) is 12.8 Å². The van der Waals surface area contributed by atoms with Gasteiger partial charge in [-0.25, -0.2) is 0 Å². The van der Waals surface area contributed by atoms with E-state index in [-0.39, 0.29) is 5.41 Å². The molecule has 1 saturated carbocycles. The van der Waals surface area contributed by atoms with Crippen LogP contribution < -0.4 is 15.2 Å². The van der Waals surface area contributed by atoms with Crippen LogP contribution in [0.25, 0.3) is 0 Å². The minimum absolute atomic E-state index is 0.256. The molecule has 1 atom stereocenters. The molecule has 2 rings (SSSR count). The van der Waals surface area contributed by atoms with Crippen molar-refractivity contribution in [2.75, 3.05) is 20.3 Å².